The number of hydrogen-bond donors (Lipinski definition) is 0. The highest BCUT2D eigenvalue weighted by Gasteiger charge is 2.51. The van der Waals surface area contributed by atoms with E-state index in [4.69, 9.17) is 14.0 Å². The SMILES string of the molecule is CCOC(=O)c1cnn(-c2ccc(B3OC(C)(C)C(C)(C)O3)cn2)c1C. The van der Waals surface area contributed by atoms with Crippen molar-refractivity contribution in [3.8, 4) is 5.82 Å². The molecule has 3 heterocycles. The second kappa shape index (κ2) is 6.52. The first kappa shape index (κ1) is 18.6. The molecule has 2 aromatic rings. The Bertz CT molecular complexity index is 798. The van der Waals surface area contributed by atoms with Crippen LogP contribution >= 0.6 is 0 Å². The van der Waals surface area contributed by atoms with Crippen LogP contribution in [0.2, 0.25) is 0 Å². The Morgan fingerprint density at radius 3 is 2.38 bits per heavy atom. The van der Waals surface area contributed by atoms with E-state index in [0.717, 1.165) is 5.46 Å². The Hall–Kier alpha value is -2.19. The molecule has 0 unspecified atom stereocenters. The van der Waals surface area contributed by atoms with E-state index < -0.39 is 18.3 Å². The summed E-state index contributed by atoms with van der Waals surface area (Å²) in [6.45, 7) is 12.0. The van der Waals surface area contributed by atoms with Crippen molar-refractivity contribution in [2.75, 3.05) is 6.61 Å². The van der Waals surface area contributed by atoms with Crippen LogP contribution in [0.3, 0.4) is 0 Å². The highest BCUT2D eigenvalue weighted by Crippen LogP contribution is 2.36. The molecular weight excluding hydrogens is 333 g/mol. The van der Waals surface area contributed by atoms with E-state index >= 15 is 0 Å². The molecule has 1 saturated heterocycles. The zero-order chi connectivity index (χ0) is 19.1. The molecule has 1 fully saturated rings. The van der Waals surface area contributed by atoms with Gasteiger partial charge in [0.25, 0.3) is 0 Å². The summed E-state index contributed by atoms with van der Waals surface area (Å²) >= 11 is 0. The zero-order valence-electron chi connectivity index (χ0n) is 16.1. The molecule has 1 aliphatic rings. The maximum atomic E-state index is 11.9. The average molecular weight is 357 g/mol. The van der Waals surface area contributed by atoms with E-state index in [1.165, 1.54) is 6.20 Å². The minimum Gasteiger partial charge on any atom is -0.462 e. The Morgan fingerprint density at radius 1 is 1.19 bits per heavy atom. The number of rotatable bonds is 4. The molecule has 26 heavy (non-hydrogen) atoms. The van der Waals surface area contributed by atoms with Crippen molar-refractivity contribution in [3.63, 3.8) is 0 Å². The van der Waals surface area contributed by atoms with Gasteiger partial charge in [-0.05, 0) is 47.6 Å². The van der Waals surface area contributed by atoms with Gasteiger partial charge in [0.15, 0.2) is 5.82 Å². The summed E-state index contributed by atoms with van der Waals surface area (Å²) in [4.78, 5) is 16.4. The van der Waals surface area contributed by atoms with Gasteiger partial charge in [-0.25, -0.2) is 14.5 Å². The molecule has 3 rings (SSSR count). The fourth-order valence-corrected chi connectivity index (χ4v) is 2.69. The van der Waals surface area contributed by atoms with E-state index in [-0.39, 0.29) is 5.97 Å². The van der Waals surface area contributed by atoms with Gasteiger partial charge in [-0.3, -0.25) is 0 Å². The van der Waals surface area contributed by atoms with Crippen LogP contribution < -0.4 is 5.46 Å². The average Bonchev–Trinajstić information content (AvgIpc) is 3.05. The van der Waals surface area contributed by atoms with Crippen molar-refractivity contribution in [3.05, 3.63) is 35.8 Å². The lowest BCUT2D eigenvalue weighted by atomic mass is 9.80. The van der Waals surface area contributed by atoms with E-state index in [1.54, 1.807) is 17.8 Å². The van der Waals surface area contributed by atoms with Crippen LogP contribution in [-0.4, -0.2) is 45.7 Å². The standard InChI is InChI=1S/C18H24BN3O4/c1-7-24-16(23)14-11-21-22(12(14)2)15-9-8-13(10-20-15)19-25-17(3,4)18(5,6)26-19/h8-11H,7H2,1-6H3. The predicted molar refractivity (Wildman–Crippen MR) is 97.8 cm³/mol. The molecule has 0 amide bonds. The van der Waals surface area contributed by atoms with E-state index in [0.29, 0.717) is 23.7 Å². The molecule has 1 aliphatic heterocycles. The number of hydrogen-bond acceptors (Lipinski definition) is 6. The number of carbonyl (C=O) groups excluding carboxylic acids is 1. The lowest BCUT2D eigenvalue weighted by Crippen LogP contribution is -2.41. The van der Waals surface area contributed by atoms with E-state index in [1.807, 2.05) is 46.8 Å². The summed E-state index contributed by atoms with van der Waals surface area (Å²) in [6.07, 6.45) is 3.21. The van der Waals surface area contributed by atoms with Gasteiger partial charge in [0, 0.05) is 11.7 Å². The van der Waals surface area contributed by atoms with Crippen LogP contribution in [0.25, 0.3) is 5.82 Å². The number of pyridine rings is 1. The largest absolute Gasteiger partial charge is 0.496 e. The summed E-state index contributed by atoms with van der Waals surface area (Å²) in [5, 5.41) is 4.25. The third kappa shape index (κ3) is 3.15. The van der Waals surface area contributed by atoms with Crippen molar-refractivity contribution in [2.24, 2.45) is 0 Å². The molecule has 138 valence electrons. The quantitative estimate of drug-likeness (QED) is 0.616. The number of esters is 1. The Balaban J connectivity index is 1.82. The maximum absolute atomic E-state index is 11.9. The van der Waals surface area contributed by atoms with Crippen LogP contribution in [-0.2, 0) is 14.0 Å². The number of ether oxygens (including phenoxy) is 1. The summed E-state index contributed by atoms with van der Waals surface area (Å²) in [7, 11) is -0.463. The molecule has 0 aliphatic carbocycles. The number of nitrogens with zero attached hydrogens (tertiary/aromatic N) is 3. The van der Waals surface area contributed by atoms with Gasteiger partial charge < -0.3 is 14.0 Å². The second-order valence-corrected chi connectivity index (χ2v) is 7.31. The molecule has 8 heteroatoms. The summed E-state index contributed by atoms with van der Waals surface area (Å²) in [5.41, 5.74) is 1.15. The van der Waals surface area contributed by atoms with Crippen LogP contribution in [0.4, 0.5) is 0 Å². The van der Waals surface area contributed by atoms with Gasteiger partial charge in [0.1, 0.15) is 5.56 Å². The summed E-state index contributed by atoms with van der Waals surface area (Å²) in [5.74, 6) is 0.225. The minimum absolute atomic E-state index is 0.324. The van der Waals surface area contributed by atoms with Crippen LogP contribution in [0.1, 0.15) is 50.7 Å². The first-order chi connectivity index (χ1) is 12.2. The first-order valence-electron chi connectivity index (χ1n) is 8.70. The Labute approximate surface area is 153 Å². The lowest BCUT2D eigenvalue weighted by Gasteiger charge is -2.32. The van der Waals surface area contributed by atoms with Gasteiger partial charge in [-0.15, -0.1) is 0 Å². The second-order valence-electron chi connectivity index (χ2n) is 7.31. The molecule has 2 aromatic heterocycles. The van der Waals surface area contributed by atoms with Gasteiger partial charge in [0.05, 0.1) is 29.7 Å². The number of aromatic nitrogens is 3. The third-order valence-electron chi connectivity index (χ3n) is 5.02. The zero-order valence-corrected chi connectivity index (χ0v) is 16.1. The molecule has 0 N–H and O–H groups in total. The van der Waals surface area contributed by atoms with Crippen molar-refractivity contribution in [2.45, 2.75) is 52.7 Å². The van der Waals surface area contributed by atoms with Gasteiger partial charge >= 0.3 is 13.1 Å². The fourth-order valence-electron chi connectivity index (χ4n) is 2.69. The Kier molecular flexibility index (Phi) is 4.66. The fraction of sp³-hybridized carbons (Fsp3) is 0.500. The predicted octanol–water partition coefficient (Wildman–Crippen LogP) is 2.05. The van der Waals surface area contributed by atoms with Gasteiger partial charge in [0.2, 0.25) is 0 Å². The lowest BCUT2D eigenvalue weighted by molar-refractivity contribution is 0.00578. The third-order valence-corrected chi connectivity index (χ3v) is 5.02. The summed E-state index contributed by atoms with van der Waals surface area (Å²) in [6, 6.07) is 3.73. The molecule has 0 radical (unpaired) electrons. The van der Waals surface area contributed by atoms with Crippen molar-refractivity contribution >= 4 is 18.6 Å². The van der Waals surface area contributed by atoms with Crippen molar-refractivity contribution in [1.82, 2.24) is 14.8 Å². The highest BCUT2D eigenvalue weighted by molar-refractivity contribution is 6.62. The van der Waals surface area contributed by atoms with Gasteiger partial charge in [-0.1, -0.05) is 6.07 Å². The van der Waals surface area contributed by atoms with Crippen molar-refractivity contribution < 1.29 is 18.8 Å². The molecular formula is C18H24BN3O4. The highest BCUT2D eigenvalue weighted by atomic mass is 16.7. The van der Waals surface area contributed by atoms with E-state index in [9.17, 15) is 4.79 Å². The normalized spacial score (nSPS) is 18.2. The van der Waals surface area contributed by atoms with Crippen LogP contribution in [0, 0.1) is 6.92 Å². The maximum Gasteiger partial charge on any atom is 0.496 e. The smallest absolute Gasteiger partial charge is 0.462 e. The molecule has 7 nitrogen and oxygen atoms in total. The monoisotopic (exact) mass is 357 g/mol. The Morgan fingerprint density at radius 2 is 1.85 bits per heavy atom. The van der Waals surface area contributed by atoms with Crippen molar-refractivity contribution in [1.29, 1.82) is 0 Å². The van der Waals surface area contributed by atoms with Crippen LogP contribution in [0.15, 0.2) is 24.5 Å². The van der Waals surface area contributed by atoms with Gasteiger partial charge in [-0.2, -0.15) is 5.10 Å². The molecule has 0 aromatic carbocycles. The minimum atomic E-state index is -0.463. The van der Waals surface area contributed by atoms with Crippen LogP contribution in [0.5, 0.6) is 0 Å². The molecule has 0 spiro atoms. The van der Waals surface area contributed by atoms with E-state index in [2.05, 4.69) is 10.1 Å². The molecule has 0 bridgehead atoms. The first-order valence-corrected chi connectivity index (χ1v) is 8.70. The molecule has 0 saturated carbocycles. The topological polar surface area (TPSA) is 75.5 Å². The summed E-state index contributed by atoms with van der Waals surface area (Å²) < 4.78 is 18.7. The molecule has 0 atom stereocenters. The number of carbonyl (C=O) groups is 1.